The van der Waals surface area contributed by atoms with Gasteiger partial charge in [-0.3, -0.25) is 0 Å². The Morgan fingerprint density at radius 2 is 1.67 bits per heavy atom. The molecule has 1 fully saturated rings. The lowest BCUT2D eigenvalue weighted by atomic mass is 10.1. The molecule has 9 nitrogen and oxygen atoms in total. The van der Waals surface area contributed by atoms with E-state index >= 15 is 0 Å². The van der Waals surface area contributed by atoms with Crippen LogP contribution in [-0.4, -0.2) is 65.8 Å². The molecule has 0 bridgehead atoms. The quantitative estimate of drug-likeness (QED) is 0.320. The second-order valence-corrected chi connectivity index (χ2v) is 10.4. The number of nitrogens with zero attached hydrogens (tertiary/aromatic N) is 4. The topological polar surface area (TPSA) is 96.9 Å². The highest BCUT2D eigenvalue weighted by Crippen LogP contribution is 2.31. The highest BCUT2D eigenvalue weighted by Gasteiger charge is 2.35. The zero-order valence-corrected chi connectivity index (χ0v) is 23.6. The summed E-state index contributed by atoms with van der Waals surface area (Å²) in [6, 6.07) is 13.3. The smallest absolute Gasteiger partial charge is 0.420 e. The van der Waals surface area contributed by atoms with Crippen molar-refractivity contribution in [1.82, 2.24) is 14.9 Å². The number of nitrogens with one attached hydrogen (secondary N) is 1. The maximum Gasteiger partial charge on any atom is 0.420 e. The van der Waals surface area contributed by atoms with Gasteiger partial charge in [0.05, 0.1) is 12.7 Å². The van der Waals surface area contributed by atoms with E-state index in [1.807, 2.05) is 32.9 Å². The Hall–Kier alpha value is -4.79. The lowest BCUT2D eigenvalue weighted by Gasteiger charge is -2.36. The lowest BCUT2D eigenvalue weighted by Crippen LogP contribution is -2.50. The Kier molecular flexibility index (Phi) is 8.90. The minimum absolute atomic E-state index is 0.0608. The summed E-state index contributed by atoms with van der Waals surface area (Å²) < 4.78 is 51.1. The number of rotatable bonds is 4. The minimum atomic E-state index is -4.72. The van der Waals surface area contributed by atoms with E-state index in [-0.39, 0.29) is 17.6 Å². The number of carbonyl (C=O) groups is 2. The van der Waals surface area contributed by atoms with E-state index < -0.39 is 29.0 Å². The molecule has 1 amide bonds. The number of methoxy groups -OCH3 is 1. The van der Waals surface area contributed by atoms with Gasteiger partial charge >= 0.3 is 18.2 Å². The molecule has 2 heterocycles. The zero-order valence-electron chi connectivity index (χ0n) is 23.6. The molecule has 0 radical (unpaired) electrons. The first kappa shape index (κ1) is 30.2. The van der Waals surface area contributed by atoms with Crippen LogP contribution in [0.15, 0.2) is 54.7 Å². The SMILES string of the molecule is COC(=O)c1cccc(C#Cc2nc(Nc3ccc(N4CCN(C(=O)OC(C)(C)C)CC4)cc3)ncc2C(F)(F)F)c1. The summed E-state index contributed by atoms with van der Waals surface area (Å²) in [5.41, 5.74) is -0.109. The average molecular weight is 582 g/mol. The Morgan fingerprint density at radius 1 is 0.976 bits per heavy atom. The van der Waals surface area contributed by atoms with E-state index in [2.05, 4.69) is 36.8 Å². The molecule has 1 aliphatic heterocycles. The first-order valence-electron chi connectivity index (χ1n) is 13.1. The molecule has 4 rings (SSSR count). The van der Waals surface area contributed by atoms with Crippen LogP contribution >= 0.6 is 0 Å². The van der Waals surface area contributed by atoms with Crippen molar-refractivity contribution in [2.24, 2.45) is 0 Å². The molecular weight excluding hydrogens is 551 g/mol. The predicted octanol–water partition coefficient (Wildman–Crippen LogP) is 5.48. The van der Waals surface area contributed by atoms with Gasteiger partial charge in [0.1, 0.15) is 16.9 Å². The van der Waals surface area contributed by atoms with E-state index in [9.17, 15) is 22.8 Å². The lowest BCUT2D eigenvalue weighted by molar-refractivity contribution is -0.138. The molecule has 1 N–H and O–H groups in total. The van der Waals surface area contributed by atoms with Crippen molar-refractivity contribution >= 4 is 29.4 Å². The van der Waals surface area contributed by atoms with Gasteiger partial charge in [-0.2, -0.15) is 13.2 Å². The molecule has 1 saturated heterocycles. The van der Waals surface area contributed by atoms with E-state index in [4.69, 9.17) is 4.74 Å². The van der Waals surface area contributed by atoms with Crippen LogP contribution in [-0.2, 0) is 15.7 Å². The van der Waals surface area contributed by atoms with Crippen LogP contribution in [0.1, 0.15) is 48.0 Å². The highest BCUT2D eigenvalue weighted by atomic mass is 19.4. The first-order valence-corrected chi connectivity index (χ1v) is 13.1. The van der Waals surface area contributed by atoms with Gasteiger partial charge in [0.15, 0.2) is 0 Å². The van der Waals surface area contributed by atoms with Gasteiger partial charge in [0, 0.05) is 49.3 Å². The monoisotopic (exact) mass is 581 g/mol. The van der Waals surface area contributed by atoms with Gasteiger partial charge < -0.3 is 24.6 Å². The van der Waals surface area contributed by atoms with Crippen molar-refractivity contribution in [2.45, 2.75) is 32.5 Å². The molecule has 0 saturated carbocycles. The fourth-order valence-corrected chi connectivity index (χ4v) is 4.08. The van der Waals surface area contributed by atoms with Gasteiger partial charge in [-0.05, 0) is 69.2 Å². The molecule has 1 aliphatic rings. The van der Waals surface area contributed by atoms with Gasteiger partial charge in [0.2, 0.25) is 5.95 Å². The van der Waals surface area contributed by atoms with Crippen LogP contribution in [0, 0.1) is 11.8 Å². The van der Waals surface area contributed by atoms with Crippen LogP contribution < -0.4 is 10.2 Å². The number of aromatic nitrogens is 2. The largest absolute Gasteiger partial charge is 0.465 e. The first-order chi connectivity index (χ1) is 19.8. The number of esters is 1. The van der Waals surface area contributed by atoms with Gasteiger partial charge in [0.25, 0.3) is 0 Å². The summed E-state index contributed by atoms with van der Waals surface area (Å²) in [5, 5.41) is 2.92. The zero-order chi connectivity index (χ0) is 30.5. The maximum atomic E-state index is 13.6. The molecule has 2 aromatic carbocycles. The summed E-state index contributed by atoms with van der Waals surface area (Å²) >= 11 is 0. The molecular formula is C30H30F3N5O4. The Balaban J connectivity index is 1.46. The summed E-state index contributed by atoms with van der Waals surface area (Å²) in [7, 11) is 1.23. The number of benzene rings is 2. The van der Waals surface area contributed by atoms with Crippen molar-refractivity contribution in [3.63, 3.8) is 0 Å². The fourth-order valence-electron chi connectivity index (χ4n) is 4.08. The Morgan fingerprint density at radius 3 is 2.29 bits per heavy atom. The molecule has 220 valence electrons. The predicted molar refractivity (Wildman–Crippen MR) is 151 cm³/mol. The minimum Gasteiger partial charge on any atom is -0.465 e. The Labute approximate surface area is 241 Å². The maximum absolute atomic E-state index is 13.6. The summed E-state index contributed by atoms with van der Waals surface area (Å²) in [6.07, 6.45) is -4.37. The second-order valence-electron chi connectivity index (χ2n) is 10.4. The standard InChI is InChI=1S/C30H30F3N5O4/c1-29(2,3)42-28(40)38-16-14-37(15-17-38)23-11-9-22(10-12-23)35-27-34-19-24(30(31,32)33)25(36-27)13-8-20-6-5-7-21(18-20)26(39)41-4/h5-7,9-12,18-19H,14-17H2,1-4H3,(H,34,35,36). The molecule has 0 atom stereocenters. The number of alkyl halides is 3. The molecule has 0 aliphatic carbocycles. The third kappa shape index (κ3) is 7.90. The number of carbonyl (C=O) groups excluding carboxylic acids is 2. The van der Waals surface area contributed by atoms with Crippen LogP contribution in [0.25, 0.3) is 0 Å². The number of halogens is 3. The van der Waals surface area contributed by atoms with Crippen molar-refractivity contribution in [3.8, 4) is 11.8 Å². The number of amides is 1. The van der Waals surface area contributed by atoms with Crippen LogP contribution in [0.2, 0.25) is 0 Å². The summed E-state index contributed by atoms with van der Waals surface area (Å²) in [4.78, 5) is 35.7. The van der Waals surface area contributed by atoms with Crippen LogP contribution in [0.4, 0.5) is 35.3 Å². The molecule has 12 heteroatoms. The third-order valence-corrected chi connectivity index (χ3v) is 6.12. The van der Waals surface area contributed by atoms with E-state index in [0.717, 1.165) is 5.69 Å². The van der Waals surface area contributed by atoms with Crippen molar-refractivity contribution < 1.29 is 32.2 Å². The van der Waals surface area contributed by atoms with Gasteiger partial charge in [-0.15, -0.1) is 0 Å². The number of hydrogen-bond acceptors (Lipinski definition) is 8. The molecule has 0 unspecified atom stereocenters. The summed E-state index contributed by atoms with van der Waals surface area (Å²) in [5.74, 6) is 4.45. The van der Waals surface area contributed by atoms with Crippen molar-refractivity contribution in [2.75, 3.05) is 43.5 Å². The molecule has 0 spiro atoms. The van der Waals surface area contributed by atoms with E-state index in [1.54, 1.807) is 29.2 Å². The van der Waals surface area contributed by atoms with Crippen LogP contribution in [0.5, 0.6) is 0 Å². The van der Waals surface area contributed by atoms with E-state index in [0.29, 0.717) is 43.6 Å². The molecule has 42 heavy (non-hydrogen) atoms. The number of hydrogen-bond donors (Lipinski definition) is 1. The van der Waals surface area contributed by atoms with Crippen molar-refractivity contribution in [1.29, 1.82) is 0 Å². The van der Waals surface area contributed by atoms with Crippen LogP contribution in [0.3, 0.4) is 0 Å². The third-order valence-electron chi connectivity index (χ3n) is 6.12. The Bertz CT molecular complexity index is 1500. The fraction of sp³-hybridized carbons (Fsp3) is 0.333. The molecule has 3 aromatic rings. The van der Waals surface area contributed by atoms with Gasteiger partial charge in [-0.25, -0.2) is 19.6 Å². The second kappa shape index (κ2) is 12.4. The van der Waals surface area contributed by atoms with E-state index in [1.165, 1.54) is 19.2 Å². The normalized spacial score (nSPS) is 13.6. The van der Waals surface area contributed by atoms with Gasteiger partial charge in [-0.1, -0.05) is 12.0 Å². The highest BCUT2D eigenvalue weighted by molar-refractivity contribution is 5.89. The average Bonchev–Trinajstić information content (AvgIpc) is 2.95. The number of piperazine rings is 1. The molecule has 1 aromatic heterocycles. The number of ether oxygens (including phenoxy) is 2. The van der Waals surface area contributed by atoms with Crippen molar-refractivity contribution in [3.05, 3.63) is 77.1 Å². The number of anilines is 3. The summed E-state index contributed by atoms with van der Waals surface area (Å²) in [6.45, 7) is 7.77.